The Balaban J connectivity index is 1.31. The van der Waals surface area contributed by atoms with E-state index in [-0.39, 0.29) is 16.6 Å². The first-order chi connectivity index (χ1) is 22.0. The minimum absolute atomic E-state index is 0.201. The van der Waals surface area contributed by atoms with E-state index in [0.29, 0.717) is 34.7 Å². The van der Waals surface area contributed by atoms with Crippen molar-refractivity contribution in [3.8, 4) is 16.3 Å². The fourth-order valence-corrected chi connectivity index (χ4v) is 8.35. The number of aliphatic imine (C=N–C) groups is 1. The number of likely N-dealkylation sites (tertiary alicyclic amines) is 1. The van der Waals surface area contributed by atoms with E-state index < -0.39 is 6.03 Å². The number of rotatable bonds is 5. The van der Waals surface area contributed by atoms with Crippen LogP contribution in [0.1, 0.15) is 45.6 Å². The molecule has 4 heterocycles. The number of phenolic OH excluding ortho intramolecular Hbond substituents is 1. The summed E-state index contributed by atoms with van der Waals surface area (Å²) in [5.41, 5.74) is 5.18. The number of thiazole rings is 1. The largest absolute Gasteiger partial charge is 0.506 e. The molecular weight excluding hydrogens is 639 g/mol. The Morgan fingerprint density at radius 2 is 1.85 bits per heavy atom. The molecule has 4 aromatic rings. The molecule has 7 rings (SSSR count). The summed E-state index contributed by atoms with van der Waals surface area (Å²) >= 11 is 14.0. The van der Waals surface area contributed by atoms with Crippen LogP contribution in [0.5, 0.6) is 5.75 Å². The van der Waals surface area contributed by atoms with Gasteiger partial charge in [-0.15, -0.1) is 11.3 Å². The average molecular weight is 676 g/mol. The molecule has 0 atom stereocenters. The summed E-state index contributed by atoms with van der Waals surface area (Å²) in [6, 6.07) is 16.9. The minimum atomic E-state index is -0.412. The molecule has 0 bridgehead atoms. The van der Waals surface area contributed by atoms with Gasteiger partial charge in [0.25, 0.3) is 0 Å². The number of benzene rings is 3. The number of para-hydroxylation sites is 2. The van der Waals surface area contributed by atoms with E-state index in [1.54, 1.807) is 23.5 Å². The van der Waals surface area contributed by atoms with Crippen LogP contribution < -0.4 is 15.5 Å². The number of halogens is 2. The lowest BCUT2D eigenvalue weighted by Crippen LogP contribution is -2.47. The molecular formula is C35H36Cl2N6O2S. The number of fused-ring (bicyclic) bond motifs is 3. The Morgan fingerprint density at radius 1 is 1.07 bits per heavy atom. The number of carbonyl (C=O) groups excluding carboxylic acids is 1. The van der Waals surface area contributed by atoms with Crippen LogP contribution in [0.15, 0.2) is 71.5 Å². The fraction of sp³-hybridized carbons (Fsp3) is 0.343. The van der Waals surface area contributed by atoms with Crippen LogP contribution in [0.2, 0.25) is 5.02 Å². The minimum Gasteiger partial charge on any atom is -0.506 e. The Bertz CT molecular complexity index is 1900. The van der Waals surface area contributed by atoms with Crippen LogP contribution >= 0.6 is 34.5 Å². The van der Waals surface area contributed by atoms with Gasteiger partial charge in [0.05, 0.1) is 27.3 Å². The van der Waals surface area contributed by atoms with Crippen molar-refractivity contribution in [2.24, 2.45) is 10.4 Å². The fourth-order valence-electron chi connectivity index (χ4n) is 7.04. The second-order valence-corrected chi connectivity index (χ2v) is 15.5. The van der Waals surface area contributed by atoms with Gasteiger partial charge < -0.3 is 20.2 Å². The lowest BCUT2D eigenvalue weighted by atomic mass is 9.72. The molecule has 1 fully saturated rings. The number of piperidine rings is 1. The molecule has 8 nitrogen and oxygen atoms in total. The van der Waals surface area contributed by atoms with Crippen molar-refractivity contribution in [1.29, 1.82) is 0 Å². The van der Waals surface area contributed by atoms with E-state index in [1.165, 1.54) is 0 Å². The molecule has 0 saturated carbocycles. The molecule has 238 valence electrons. The second-order valence-electron chi connectivity index (χ2n) is 13.6. The number of urea groups is 1. The molecule has 3 aromatic carbocycles. The Labute approximate surface area is 282 Å². The quantitative estimate of drug-likeness (QED) is 0.197. The number of nitrogens with zero attached hydrogens (tertiary/aromatic N) is 4. The van der Waals surface area contributed by atoms with Gasteiger partial charge in [-0.05, 0) is 85.5 Å². The molecule has 0 radical (unpaired) electrons. The Morgan fingerprint density at radius 3 is 2.59 bits per heavy atom. The highest BCUT2D eigenvalue weighted by molar-refractivity contribution is 7.21. The normalized spacial score (nSPS) is 17.7. The van der Waals surface area contributed by atoms with Crippen molar-refractivity contribution in [2.75, 3.05) is 36.4 Å². The van der Waals surface area contributed by atoms with Crippen LogP contribution in [0, 0.1) is 5.41 Å². The molecule has 2 amide bonds. The molecule has 0 unspecified atom stereocenters. The third-order valence-electron chi connectivity index (χ3n) is 8.90. The SMILES string of the molecule is CC(C)(C)CN1CCC2(CC1)CN(c1ccccc1NC(=O)NC1=CCC(Cl)=N1)c1c(O)ccc(-c3nc4cc(Cl)ccc4s3)c12. The highest BCUT2D eigenvalue weighted by Gasteiger charge is 2.48. The van der Waals surface area contributed by atoms with E-state index in [0.717, 1.165) is 70.2 Å². The van der Waals surface area contributed by atoms with Crippen molar-refractivity contribution in [3.05, 3.63) is 77.1 Å². The van der Waals surface area contributed by atoms with Gasteiger partial charge in [0, 0.05) is 35.5 Å². The molecule has 1 aromatic heterocycles. The van der Waals surface area contributed by atoms with E-state index in [9.17, 15) is 9.90 Å². The van der Waals surface area contributed by atoms with Gasteiger partial charge in [-0.1, -0.05) is 56.1 Å². The number of anilines is 3. The lowest BCUT2D eigenvalue weighted by molar-refractivity contribution is 0.125. The number of carbonyl (C=O) groups is 1. The summed E-state index contributed by atoms with van der Waals surface area (Å²) in [6.07, 6.45) is 4.14. The van der Waals surface area contributed by atoms with Crippen LogP contribution in [0.25, 0.3) is 20.8 Å². The first kappa shape index (κ1) is 31.0. The molecule has 3 aliphatic rings. The highest BCUT2D eigenvalue weighted by Crippen LogP contribution is 2.57. The van der Waals surface area contributed by atoms with E-state index in [4.69, 9.17) is 28.2 Å². The van der Waals surface area contributed by atoms with Gasteiger partial charge in [-0.25, -0.2) is 14.8 Å². The number of allylic oxidation sites excluding steroid dienone is 1. The summed E-state index contributed by atoms with van der Waals surface area (Å²) in [5.74, 6) is 0.628. The maximum Gasteiger partial charge on any atom is 0.324 e. The number of amides is 2. The number of aromatic nitrogens is 1. The van der Waals surface area contributed by atoms with Gasteiger partial charge in [0.1, 0.15) is 21.7 Å². The predicted molar refractivity (Wildman–Crippen MR) is 190 cm³/mol. The second kappa shape index (κ2) is 11.9. The zero-order chi connectivity index (χ0) is 32.2. The van der Waals surface area contributed by atoms with E-state index in [1.807, 2.05) is 48.5 Å². The van der Waals surface area contributed by atoms with Crippen molar-refractivity contribution in [1.82, 2.24) is 15.2 Å². The summed E-state index contributed by atoms with van der Waals surface area (Å²) in [6.45, 7) is 10.4. The number of hydrogen-bond acceptors (Lipinski definition) is 7. The summed E-state index contributed by atoms with van der Waals surface area (Å²) < 4.78 is 1.06. The Kier molecular flexibility index (Phi) is 8.00. The first-order valence-electron chi connectivity index (χ1n) is 15.5. The third kappa shape index (κ3) is 5.97. The summed E-state index contributed by atoms with van der Waals surface area (Å²) in [5, 5.41) is 19.4. The maximum atomic E-state index is 13.1. The zero-order valence-electron chi connectivity index (χ0n) is 26.0. The molecule has 0 aliphatic carbocycles. The average Bonchev–Trinajstić information content (AvgIpc) is 3.70. The van der Waals surface area contributed by atoms with E-state index in [2.05, 4.69) is 46.2 Å². The molecule has 3 N–H and O–H groups in total. The van der Waals surface area contributed by atoms with Crippen molar-refractivity contribution in [2.45, 2.75) is 45.4 Å². The lowest BCUT2D eigenvalue weighted by Gasteiger charge is -2.42. The molecule has 1 saturated heterocycles. The standard InChI is InChI=1S/C35H36Cl2N6O2S/c1-34(2,3)19-42-16-14-35(15-17-42)20-43(25-7-5-4-6-23(25)39-33(45)41-29-13-12-28(37)40-29)31-26(44)10-9-22(30(31)35)32-38-24-18-21(36)8-11-27(24)46-32/h4-11,13,18,44H,12,14-17,19-20H2,1-3H3,(H2,39,41,45). The topological polar surface area (TPSA) is 93.1 Å². The highest BCUT2D eigenvalue weighted by atomic mass is 35.5. The number of hydrogen-bond donors (Lipinski definition) is 3. The van der Waals surface area contributed by atoms with Gasteiger partial charge in [0.2, 0.25) is 0 Å². The molecule has 1 spiro atoms. The molecule has 11 heteroatoms. The van der Waals surface area contributed by atoms with Gasteiger partial charge >= 0.3 is 6.03 Å². The number of aromatic hydroxyl groups is 1. The molecule has 3 aliphatic heterocycles. The van der Waals surface area contributed by atoms with Crippen molar-refractivity contribution >= 4 is 73.0 Å². The monoisotopic (exact) mass is 674 g/mol. The van der Waals surface area contributed by atoms with Gasteiger partial charge in [-0.2, -0.15) is 0 Å². The number of nitrogens with one attached hydrogen (secondary N) is 2. The summed E-state index contributed by atoms with van der Waals surface area (Å²) in [4.78, 5) is 27.0. The van der Waals surface area contributed by atoms with Gasteiger partial charge in [0.15, 0.2) is 0 Å². The van der Waals surface area contributed by atoms with E-state index >= 15 is 0 Å². The van der Waals surface area contributed by atoms with Crippen molar-refractivity contribution < 1.29 is 9.90 Å². The Hall–Kier alpha value is -3.63. The number of phenols is 1. The van der Waals surface area contributed by atoms with Crippen LogP contribution in [0.3, 0.4) is 0 Å². The van der Waals surface area contributed by atoms with Gasteiger partial charge in [-0.3, -0.25) is 5.32 Å². The summed E-state index contributed by atoms with van der Waals surface area (Å²) in [7, 11) is 0. The predicted octanol–water partition coefficient (Wildman–Crippen LogP) is 8.86. The zero-order valence-corrected chi connectivity index (χ0v) is 28.4. The first-order valence-corrected chi connectivity index (χ1v) is 17.1. The molecule has 46 heavy (non-hydrogen) atoms. The third-order valence-corrected chi connectivity index (χ3v) is 10.4. The van der Waals surface area contributed by atoms with Crippen molar-refractivity contribution in [3.63, 3.8) is 0 Å². The smallest absolute Gasteiger partial charge is 0.324 e. The maximum absolute atomic E-state index is 13.1. The van der Waals surface area contributed by atoms with Crippen LogP contribution in [0.4, 0.5) is 21.9 Å². The van der Waals surface area contributed by atoms with Crippen LogP contribution in [-0.4, -0.2) is 52.4 Å². The van der Waals surface area contributed by atoms with Crippen LogP contribution in [-0.2, 0) is 5.41 Å².